The number of carbonyl (C=O) groups is 1. The first-order chi connectivity index (χ1) is 6.74. The van der Waals surface area contributed by atoms with Crippen LogP contribution in [-0.4, -0.2) is 38.5 Å². The summed E-state index contributed by atoms with van der Waals surface area (Å²) in [6.07, 6.45) is 1.69. The number of rotatable bonds is 7. The lowest BCUT2D eigenvalue weighted by Gasteiger charge is -2.05. The van der Waals surface area contributed by atoms with Gasteiger partial charge in [0.15, 0.2) is 0 Å². The van der Waals surface area contributed by atoms with Crippen molar-refractivity contribution in [3.05, 3.63) is 24.8 Å². The van der Waals surface area contributed by atoms with Crippen LogP contribution in [0.4, 0.5) is 0 Å². The maximum absolute atomic E-state index is 11.2. The van der Waals surface area contributed by atoms with Gasteiger partial charge in [0, 0.05) is 0 Å². The Morgan fingerprint density at radius 2 is 2.36 bits per heavy atom. The van der Waals surface area contributed by atoms with E-state index in [1.807, 2.05) is 0 Å². The maximum atomic E-state index is 11.2. The molecule has 14 heavy (non-hydrogen) atoms. The van der Waals surface area contributed by atoms with Crippen molar-refractivity contribution in [3.8, 4) is 0 Å². The number of hydrogen-bond acceptors (Lipinski definition) is 4. The SMILES string of the molecule is C=CCOCC(=C)C(=O)OCC1CO1. The van der Waals surface area contributed by atoms with Crippen molar-refractivity contribution in [2.45, 2.75) is 6.10 Å². The standard InChI is InChI=1S/C10H14O4/c1-3-4-12-5-8(2)10(11)14-7-9-6-13-9/h3,9H,1-2,4-7H2. The van der Waals surface area contributed by atoms with Gasteiger partial charge in [-0.1, -0.05) is 12.7 Å². The minimum Gasteiger partial charge on any atom is -0.459 e. The molecule has 1 atom stereocenters. The molecule has 4 nitrogen and oxygen atoms in total. The molecule has 1 aliphatic heterocycles. The highest BCUT2D eigenvalue weighted by Crippen LogP contribution is 2.09. The molecule has 0 radical (unpaired) electrons. The molecule has 1 rings (SSSR count). The van der Waals surface area contributed by atoms with E-state index in [2.05, 4.69) is 13.2 Å². The van der Waals surface area contributed by atoms with E-state index in [-0.39, 0.29) is 12.7 Å². The van der Waals surface area contributed by atoms with Crippen molar-refractivity contribution in [1.29, 1.82) is 0 Å². The van der Waals surface area contributed by atoms with Gasteiger partial charge in [-0.15, -0.1) is 6.58 Å². The molecule has 0 aromatic carbocycles. The van der Waals surface area contributed by atoms with Gasteiger partial charge in [0.25, 0.3) is 0 Å². The van der Waals surface area contributed by atoms with E-state index < -0.39 is 5.97 Å². The summed E-state index contributed by atoms with van der Waals surface area (Å²) in [7, 11) is 0. The van der Waals surface area contributed by atoms with E-state index >= 15 is 0 Å². The van der Waals surface area contributed by atoms with Crippen LogP contribution >= 0.6 is 0 Å². The van der Waals surface area contributed by atoms with E-state index in [9.17, 15) is 4.79 Å². The van der Waals surface area contributed by atoms with Gasteiger partial charge in [-0.3, -0.25) is 0 Å². The second-order valence-corrected chi connectivity index (χ2v) is 2.96. The highest BCUT2D eigenvalue weighted by molar-refractivity contribution is 5.87. The molecular formula is C10H14O4. The zero-order valence-electron chi connectivity index (χ0n) is 8.03. The second kappa shape index (κ2) is 5.57. The van der Waals surface area contributed by atoms with Gasteiger partial charge in [0.1, 0.15) is 12.7 Å². The van der Waals surface area contributed by atoms with Gasteiger partial charge >= 0.3 is 5.97 Å². The monoisotopic (exact) mass is 198 g/mol. The van der Waals surface area contributed by atoms with Crippen molar-refractivity contribution in [3.63, 3.8) is 0 Å². The molecule has 78 valence electrons. The van der Waals surface area contributed by atoms with Gasteiger partial charge in [-0.05, 0) is 0 Å². The molecule has 0 aromatic heterocycles. The molecule has 0 aromatic rings. The van der Waals surface area contributed by atoms with Crippen LogP contribution in [0.5, 0.6) is 0 Å². The van der Waals surface area contributed by atoms with E-state index in [0.717, 1.165) is 0 Å². The Morgan fingerprint density at radius 1 is 1.64 bits per heavy atom. The van der Waals surface area contributed by atoms with Crippen LogP contribution in [0.25, 0.3) is 0 Å². The number of esters is 1. The largest absolute Gasteiger partial charge is 0.459 e. The van der Waals surface area contributed by atoms with Gasteiger partial charge in [0.2, 0.25) is 0 Å². The molecule has 0 amide bonds. The average Bonchev–Trinajstić information content (AvgIpc) is 2.98. The Balaban J connectivity index is 2.08. The molecule has 1 fully saturated rings. The molecule has 0 bridgehead atoms. The molecule has 1 aliphatic rings. The summed E-state index contributed by atoms with van der Waals surface area (Å²) in [6, 6.07) is 0. The highest BCUT2D eigenvalue weighted by Gasteiger charge is 2.24. The number of hydrogen-bond donors (Lipinski definition) is 0. The fourth-order valence-corrected chi connectivity index (χ4v) is 0.759. The van der Waals surface area contributed by atoms with Crippen LogP contribution in [0.1, 0.15) is 0 Å². The molecule has 0 N–H and O–H groups in total. The summed E-state index contributed by atoms with van der Waals surface area (Å²) in [5, 5.41) is 0. The number of epoxide rings is 1. The molecule has 4 heteroatoms. The predicted molar refractivity (Wildman–Crippen MR) is 50.9 cm³/mol. The minimum atomic E-state index is -0.426. The van der Waals surface area contributed by atoms with Crippen LogP contribution in [-0.2, 0) is 19.0 Å². The van der Waals surface area contributed by atoms with Crippen molar-refractivity contribution in [1.82, 2.24) is 0 Å². The molecule has 0 aliphatic carbocycles. The van der Waals surface area contributed by atoms with Crippen LogP contribution in [0, 0.1) is 0 Å². The minimum absolute atomic E-state index is 0.0841. The quantitative estimate of drug-likeness (QED) is 0.198. The summed E-state index contributed by atoms with van der Waals surface area (Å²) in [5.41, 5.74) is 0.313. The first kappa shape index (κ1) is 10.9. The Hall–Kier alpha value is -1.13. The lowest BCUT2D eigenvalue weighted by Crippen LogP contribution is -2.14. The third-order valence-corrected chi connectivity index (χ3v) is 1.60. The summed E-state index contributed by atoms with van der Waals surface area (Å²) >= 11 is 0. The molecular weight excluding hydrogens is 184 g/mol. The van der Waals surface area contributed by atoms with E-state index in [1.165, 1.54) is 0 Å². The average molecular weight is 198 g/mol. The molecule has 1 heterocycles. The maximum Gasteiger partial charge on any atom is 0.335 e. The van der Waals surface area contributed by atoms with E-state index in [1.54, 1.807) is 6.08 Å². The van der Waals surface area contributed by atoms with Gasteiger partial charge in [0.05, 0.1) is 25.4 Å². The van der Waals surface area contributed by atoms with Crippen LogP contribution < -0.4 is 0 Å². The fourth-order valence-electron chi connectivity index (χ4n) is 0.759. The third kappa shape index (κ3) is 4.20. The highest BCUT2D eigenvalue weighted by atomic mass is 16.6. The fraction of sp³-hybridized carbons (Fsp3) is 0.500. The summed E-state index contributed by atoms with van der Waals surface area (Å²) in [5.74, 6) is -0.426. The topological polar surface area (TPSA) is 48.1 Å². The lowest BCUT2D eigenvalue weighted by molar-refractivity contribution is -0.140. The Morgan fingerprint density at radius 3 is 2.93 bits per heavy atom. The van der Waals surface area contributed by atoms with Crippen LogP contribution in [0.15, 0.2) is 24.8 Å². The van der Waals surface area contributed by atoms with Crippen molar-refractivity contribution in [2.75, 3.05) is 26.4 Å². The molecule has 1 unspecified atom stereocenters. The van der Waals surface area contributed by atoms with Crippen LogP contribution in [0.2, 0.25) is 0 Å². The van der Waals surface area contributed by atoms with E-state index in [0.29, 0.717) is 25.4 Å². The Labute approximate surface area is 83.1 Å². The van der Waals surface area contributed by atoms with Crippen molar-refractivity contribution < 1.29 is 19.0 Å². The molecule has 0 spiro atoms. The van der Waals surface area contributed by atoms with Crippen molar-refractivity contribution in [2.24, 2.45) is 0 Å². The van der Waals surface area contributed by atoms with Crippen LogP contribution in [0.3, 0.4) is 0 Å². The second-order valence-electron chi connectivity index (χ2n) is 2.96. The third-order valence-electron chi connectivity index (χ3n) is 1.60. The van der Waals surface area contributed by atoms with Gasteiger partial charge < -0.3 is 14.2 Å². The summed E-state index contributed by atoms with van der Waals surface area (Å²) in [4.78, 5) is 11.2. The van der Waals surface area contributed by atoms with Crippen molar-refractivity contribution >= 4 is 5.97 Å². The smallest absolute Gasteiger partial charge is 0.335 e. The Bertz CT molecular complexity index is 230. The first-order valence-corrected chi connectivity index (χ1v) is 4.39. The zero-order valence-corrected chi connectivity index (χ0v) is 8.03. The summed E-state index contributed by atoms with van der Waals surface area (Å²) < 4.78 is 14.8. The summed E-state index contributed by atoms with van der Waals surface area (Å²) in [6.45, 7) is 8.59. The lowest BCUT2D eigenvalue weighted by atomic mass is 10.3. The number of ether oxygens (including phenoxy) is 3. The number of carbonyl (C=O) groups excluding carboxylic acids is 1. The zero-order chi connectivity index (χ0) is 10.4. The molecule has 1 saturated heterocycles. The van der Waals surface area contributed by atoms with Gasteiger partial charge in [-0.25, -0.2) is 4.79 Å². The normalized spacial score (nSPS) is 18.7. The van der Waals surface area contributed by atoms with Gasteiger partial charge in [-0.2, -0.15) is 0 Å². The first-order valence-electron chi connectivity index (χ1n) is 4.39. The Kier molecular flexibility index (Phi) is 4.35. The predicted octanol–water partition coefficient (Wildman–Crippen LogP) is 0.687. The van der Waals surface area contributed by atoms with E-state index in [4.69, 9.17) is 14.2 Å². The molecule has 0 saturated carbocycles.